The van der Waals surface area contributed by atoms with E-state index in [4.69, 9.17) is 0 Å². The zero-order valence-electron chi connectivity index (χ0n) is 14.9. The van der Waals surface area contributed by atoms with Gasteiger partial charge in [-0.1, -0.05) is 39.8 Å². The van der Waals surface area contributed by atoms with E-state index >= 15 is 0 Å². The summed E-state index contributed by atoms with van der Waals surface area (Å²) in [5.41, 5.74) is 1.31. The summed E-state index contributed by atoms with van der Waals surface area (Å²) in [4.78, 5) is 3.09. The monoisotopic (exact) mass is 337 g/mol. The first-order valence-corrected chi connectivity index (χ1v) is 9.80. The van der Waals surface area contributed by atoms with Crippen molar-refractivity contribution in [1.29, 1.82) is 0 Å². The molecule has 2 rings (SSSR count). The van der Waals surface area contributed by atoms with E-state index in [0.717, 1.165) is 30.4 Å². The molecule has 23 heavy (non-hydrogen) atoms. The van der Waals surface area contributed by atoms with E-state index in [-0.39, 0.29) is 5.41 Å². The summed E-state index contributed by atoms with van der Waals surface area (Å²) >= 11 is -1.89. The van der Waals surface area contributed by atoms with E-state index < -0.39 is 11.1 Å². The van der Waals surface area contributed by atoms with Gasteiger partial charge in [0.05, 0.1) is 4.90 Å². The van der Waals surface area contributed by atoms with Crippen molar-refractivity contribution in [2.75, 3.05) is 19.6 Å². The van der Waals surface area contributed by atoms with E-state index in [1.165, 1.54) is 25.9 Å². The highest BCUT2D eigenvalue weighted by Gasteiger charge is 2.27. The van der Waals surface area contributed by atoms with E-state index in [1.54, 1.807) is 6.07 Å². The first-order valence-electron chi connectivity index (χ1n) is 8.69. The third kappa shape index (κ3) is 5.70. The molecular weight excluding hydrogens is 306 g/mol. The van der Waals surface area contributed by atoms with Crippen molar-refractivity contribution in [1.82, 2.24) is 4.90 Å². The number of benzene rings is 1. The minimum atomic E-state index is -1.89. The third-order valence-corrected chi connectivity index (χ3v) is 5.67. The van der Waals surface area contributed by atoms with Crippen LogP contribution in [0.1, 0.15) is 46.1 Å². The normalized spacial score (nSPS) is 19.2. The van der Waals surface area contributed by atoms with Crippen LogP contribution in [0.15, 0.2) is 29.2 Å². The summed E-state index contributed by atoms with van der Waals surface area (Å²) in [6.45, 7) is 12.8. The van der Waals surface area contributed by atoms with Gasteiger partial charge in [0, 0.05) is 6.54 Å². The Labute approximate surface area is 143 Å². The van der Waals surface area contributed by atoms with Crippen molar-refractivity contribution in [2.45, 2.75) is 51.9 Å². The summed E-state index contributed by atoms with van der Waals surface area (Å²) in [7, 11) is 0. The largest absolute Gasteiger partial charge is 0.303 e. The molecule has 1 atom stereocenters. The molecule has 0 spiro atoms. The van der Waals surface area contributed by atoms with Gasteiger partial charge in [-0.25, -0.2) is 4.21 Å². The lowest BCUT2D eigenvalue weighted by atomic mass is 9.82. The first kappa shape index (κ1) is 18.6. The van der Waals surface area contributed by atoms with Gasteiger partial charge in [-0.2, -0.15) is 0 Å². The van der Waals surface area contributed by atoms with Crippen LogP contribution in [-0.2, 0) is 17.5 Å². The Morgan fingerprint density at radius 1 is 1.30 bits per heavy atom. The first-order chi connectivity index (χ1) is 10.8. The van der Waals surface area contributed by atoms with Crippen LogP contribution in [0.4, 0.5) is 0 Å². The van der Waals surface area contributed by atoms with E-state index in [2.05, 4.69) is 38.7 Å². The minimum Gasteiger partial charge on any atom is -0.303 e. The molecule has 1 N–H and O–H groups in total. The second-order valence-electron chi connectivity index (χ2n) is 8.10. The van der Waals surface area contributed by atoms with Crippen molar-refractivity contribution in [3.8, 4) is 0 Å². The predicted octanol–water partition coefficient (Wildman–Crippen LogP) is 4.20. The van der Waals surface area contributed by atoms with Crippen molar-refractivity contribution in [2.24, 2.45) is 17.3 Å². The Morgan fingerprint density at radius 2 is 1.96 bits per heavy atom. The van der Waals surface area contributed by atoms with E-state index in [9.17, 15) is 8.76 Å². The van der Waals surface area contributed by atoms with Gasteiger partial charge in [0.1, 0.15) is 0 Å². The number of rotatable bonds is 6. The highest BCUT2D eigenvalue weighted by Crippen LogP contribution is 2.29. The molecule has 0 saturated carbocycles. The molecule has 1 aromatic carbocycles. The Balaban J connectivity index is 1.92. The van der Waals surface area contributed by atoms with Crippen LogP contribution in [0.2, 0.25) is 0 Å². The molecule has 1 aliphatic heterocycles. The number of hydrogen-bond acceptors (Lipinski definition) is 2. The van der Waals surface area contributed by atoms with Crippen LogP contribution >= 0.6 is 0 Å². The second kappa shape index (κ2) is 7.91. The zero-order valence-corrected chi connectivity index (χ0v) is 15.7. The average Bonchev–Trinajstić information content (AvgIpc) is 2.47. The van der Waals surface area contributed by atoms with Crippen molar-refractivity contribution < 1.29 is 8.76 Å². The summed E-state index contributed by atoms with van der Waals surface area (Å²) < 4.78 is 20.5. The molecule has 3 nitrogen and oxygen atoms in total. The van der Waals surface area contributed by atoms with Crippen LogP contribution < -0.4 is 0 Å². The van der Waals surface area contributed by atoms with Crippen LogP contribution in [0.5, 0.6) is 0 Å². The van der Waals surface area contributed by atoms with Gasteiger partial charge in [-0.05, 0) is 67.3 Å². The standard InChI is InChI=1S/C19H31NO2S/c1-15(2)17-8-10-20(11-9-17)14-19(3,4)13-16-6-5-7-18(12-16)23(21)22/h5-7,12,15,17H,8-11,13-14H2,1-4H3,(H,21,22). The summed E-state index contributed by atoms with van der Waals surface area (Å²) in [5.74, 6) is 1.68. The lowest BCUT2D eigenvalue weighted by Gasteiger charge is -2.38. The maximum absolute atomic E-state index is 11.2. The molecule has 1 fully saturated rings. The minimum absolute atomic E-state index is 0.167. The lowest BCUT2D eigenvalue weighted by Crippen LogP contribution is -2.41. The topological polar surface area (TPSA) is 40.5 Å². The highest BCUT2D eigenvalue weighted by atomic mass is 32.2. The van der Waals surface area contributed by atoms with Gasteiger partial charge >= 0.3 is 0 Å². The molecule has 0 amide bonds. The molecule has 1 aromatic rings. The van der Waals surface area contributed by atoms with E-state index in [1.807, 2.05) is 12.1 Å². The second-order valence-corrected chi connectivity index (χ2v) is 9.06. The van der Waals surface area contributed by atoms with E-state index in [0.29, 0.717) is 4.90 Å². The van der Waals surface area contributed by atoms with Gasteiger partial charge in [0.15, 0.2) is 11.1 Å². The molecular formula is C19H31NO2S. The molecule has 1 unspecified atom stereocenters. The van der Waals surface area contributed by atoms with Crippen LogP contribution in [0, 0.1) is 17.3 Å². The summed E-state index contributed by atoms with van der Waals surface area (Å²) in [6, 6.07) is 7.51. The van der Waals surface area contributed by atoms with Gasteiger partial charge in [0.2, 0.25) is 0 Å². The molecule has 0 aromatic heterocycles. The summed E-state index contributed by atoms with van der Waals surface area (Å²) in [5, 5.41) is 0. The Morgan fingerprint density at radius 3 is 2.52 bits per heavy atom. The molecule has 0 aliphatic carbocycles. The van der Waals surface area contributed by atoms with Gasteiger partial charge < -0.3 is 9.45 Å². The molecule has 1 aliphatic rings. The quantitative estimate of drug-likeness (QED) is 0.791. The average molecular weight is 338 g/mol. The van der Waals surface area contributed by atoms with Crippen LogP contribution in [-0.4, -0.2) is 33.3 Å². The number of likely N-dealkylation sites (tertiary alicyclic amines) is 1. The number of nitrogens with zero attached hydrogens (tertiary/aromatic N) is 1. The van der Waals surface area contributed by atoms with Crippen molar-refractivity contribution in [3.05, 3.63) is 29.8 Å². The fourth-order valence-electron chi connectivity index (χ4n) is 3.76. The van der Waals surface area contributed by atoms with Crippen molar-refractivity contribution >= 4 is 11.1 Å². The number of piperidine rings is 1. The molecule has 4 heteroatoms. The third-order valence-electron chi connectivity index (χ3n) is 5.01. The zero-order chi connectivity index (χ0) is 17.0. The Hall–Kier alpha value is -0.710. The van der Waals surface area contributed by atoms with Crippen LogP contribution in [0.3, 0.4) is 0 Å². The molecule has 1 saturated heterocycles. The maximum Gasteiger partial charge on any atom is 0.186 e. The summed E-state index contributed by atoms with van der Waals surface area (Å²) in [6.07, 6.45) is 3.56. The predicted molar refractivity (Wildman–Crippen MR) is 97.0 cm³/mol. The smallest absolute Gasteiger partial charge is 0.186 e. The molecule has 0 radical (unpaired) electrons. The molecule has 1 heterocycles. The van der Waals surface area contributed by atoms with Gasteiger partial charge in [0.25, 0.3) is 0 Å². The molecule has 130 valence electrons. The van der Waals surface area contributed by atoms with Gasteiger partial charge in [-0.3, -0.25) is 0 Å². The SMILES string of the molecule is CC(C)C1CCN(CC(C)(C)Cc2cccc(S(=O)O)c2)CC1. The fraction of sp³-hybridized carbons (Fsp3) is 0.684. The van der Waals surface area contributed by atoms with Gasteiger partial charge in [-0.15, -0.1) is 0 Å². The highest BCUT2D eigenvalue weighted by molar-refractivity contribution is 7.79. The lowest BCUT2D eigenvalue weighted by molar-refractivity contribution is 0.113. The Kier molecular flexibility index (Phi) is 6.40. The molecule has 0 bridgehead atoms. The number of hydrogen-bond donors (Lipinski definition) is 1. The maximum atomic E-state index is 11.2. The fourth-order valence-corrected chi connectivity index (χ4v) is 4.20. The van der Waals surface area contributed by atoms with Crippen LogP contribution in [0.25, 0.3) is 0 Å². The van der Waals surface area contributed by atoms with Crippen molar-refractivity contribution in [3.63, 3.8) is 0 Å². The Bertz CT molecular complexity index is 534.